The van der Waals surface area contributed by atoms with Crippen LogP contribution in [0.1, 0.15) is 15.9 Å². The highest BCUT2D eigenvalue weighted by molar-refractivity contribution is 9.09. The van der Waals surface area contributed by atoms with Crippen LogP contribution in [-0.4, -0.2) is 42.9 Å². The number of benzene rings is 1. The predicted octanol–water partition coefficient (Wildman–Crippen LogP) is 2.62. The number of halogens is 2. The lowest BCUT2D eigenvalue weighted by atomic mass is 10.1. The van der Waals surface area contributed by atoms with Crippen LogP contribution in [0.3, 0.4) is 0 Å². The van der Waals surface area contributed by atoms with E-state index in [9.17, 15) is 9.18 Å². The molecule has 0 aromatic heterocycles. The fourth-order valence-electron chi connectivity index (χ4n) is 1.54. The summed E-state index contributed by atoms with van der Waals surface area (Å²) >= 11 is 3.25. The summed E-state index contributed by atoms with van der Waals surface area (Å²) in [6, 6.07) is 4.34. The molecule has 100 valence electrons. The van der Waals surface area contributed by atoms with Crippen LogP contribution in [0.15, 0.2) is 18.2 Å². The quantitative estimate of drug-likeness (QED) is 0.596. The molecule has 0 N–H and O–H groups in total. The SMILES string of the molecule is Cc1cc(F)cc(C(=O)N(C)CCOCCBr)c1. The fourth-order valence-corrected chi connectivity index (χ4v) is 1.77. The number of hydrogen-bond donors (Lipinski definition) is 0. The largest absolute Gasteiger partial charge is 0.379 e. The van der Waals surface area contributed by atoms with Crippen molar-refractivity contribution in [3.05, 3.63) is 35.1 Å². The van der Waals surface area contributed by atoms with Crippen molar-refractivity contribution >= 4 is 21.8 Å². The van der Waals surface area contributed by atoms with Crippen molar-refractivity contribution < 1.29 is 13.9 Å². The number of amides is 1. The Morgan fingerprint density at radius 2 is 2.11 bits per heavy atom. The van der Waals surface area contributed by atoms with Gasteiger partial charge in [-0.2, -0.15) is 0 Å². The minimum Gasteiger partial charge on any atom is -0.379 e. The monoisotopic (exact) mass is 317 g/mol. The topological polar surface area (TPSA) is 29.5 Å². The molecule has 0 bridgehead atoms. The van der Waals surface area contributed by atoms with Gasteiger partial charge in [-0.1, -0.05) is 15.9 Å². The Kier molecular flexibility index (Phi) is 6.29. The molecule has 0 radical (unpaired) electrons. The number of alkyl halides is 1. The van der Waals surface area contributed by atoms with Crippen LogP contribution in [0.2, 0.25) is 0 Å². The lowest BCUT2D eigenvalue weighted by molar-refractivity contribution is 0.0712. The number of nitrogens with zero attached hydrogens (tertiary/aromatic N) is 1. The van der Waals surface area contributed by atoms with Gasteiger partial charge < -0.3 is 9.64 Å². The molecule has 18 heavy (non-hydrogen) atoms. The highest BCUT2D eigenvalue weighted by Crippen LogP contribution is 2.10. The molecule has 0 saturated heterocycles. The molecule has 5 heteroatoms. The van der Waals surface area contributed by atoms with Crippen molar-refractivity contribution in [2.45, 2.75) is 6.92 Å². The van der Waals surface area contributed by atoms with Gasteiger partial charge in [-0.3, -0.25) is 4.79 Å². The number of rotatable bonds is 6. The smallest absolute Gasteiger partial charge is 0.253 e. The van der Waals surface area contributed by atoms with E-state index < -0.39 is 0 Å². The van der Waals surface area contributed by atoms with Crippen molar-refractivity contribution in [3.63, 3.8) is 0 Å². The van der Waals surface area contributed by atoms with Crippen molar-refractivity contribution in [2.24, 2.45) is 0 Å². The van der Waals surface area contributed by atoms with Gasteiger partial charge in [0.15, 0.2) is 0 Å². The van der Waals surface area contributed by atoms with Crippen molar-refractivity contribution in [1.29, 1.82) is 0 Å². The third-order valence-electron chi connectivity index (χ3n) is 2.43. The third-order valence-corrected chi connectivity index (χ3v) is 2.75. The molecule has 0 heterocycles. The first-order valence-corrected chi connectivity index (χ1v) is 6.83. The average Bonchev–Trinajstić information content (AvgIpc) is 2.32. The summed E-state index contributed by atoms with van der Waals surface area (Å²) < 4.78 is 18.5. The van der Waals surface area contributed by atoms with E-state index in [2.05, 4.69) is 15.9 Å². The average molecular weight is 318 g/mol. The van der Waals surface area contributed by atoms with Crippen LogP contribution >= 0.6 is 15.9 Å². The summed E-state index contributed by atoms with van der Waals surface area (Å²) in [7, 11) is 1.68. The zero-order valence-corrected chi connectivity index (χ0v) is 12.2. The molecule has 0 atom stereocenters. The van der Waals surface area contributed by atoms with E-state index in [1.807, 2.05) is 0 Å². The van der Waals surface area contributed by atoms with E-state index in [0.29, 0.717) is 25.3 Å². The number of likely N-dealkylation sites (N-methyl/N-ethyl adjacent to an activating group) is 1. The van der Waals surface area contributed by atoms with E-state index in [1.165, 1.54) is 17.0 Å². The molecule has 1 aromatic rings. The van der Waals surface area contributed by atoms with Crippen LogP contribution in [0.25, 0.3) is 0 Å². The van der Waals surface area contributed by atoms with E-state index in [1.54, 1.807) is 20.0 Å². The van der Waals surface area contributed by atoms with Crippen LogP contribution in [0.4, 0.5) is 4.39 Å². The van der Waals surface area contributed by atoms with Crippen molar-refractivity contribution in [1.82, 2.24) is 4.90 Å². The molecule has 1 rings (SSSR count). The molecule has 1 aromatic carbocycles. The van der Waals surface area contributed by atoms with E-state index in [4.69, 9.17) is 4.74 Å². The minimum absolute atomic E-state index is 0.194. The first-order valence-electron chi connectivity index (χ1n) is 5.71. The normalized spacial score (nSPS) is 10.4. The maximum absolute atomic E-state index is 13.2. The molecular weight excluding hydrogens is 301 g/mol. The van der Waals surface area contributed by atoms with Crippen LogP contribution < -0.4 is 0 Å². The van der Waals surface area contributed by atoms with Gasteiger partial charge in [-0.25, -0.2) is 4.39 Å². The maximum atomic E-state index is 13.2. The standard InChI is InChI=1S/C13H17BrFNO2/c1-10-7-11(9-12(15)8-10)13(17)16(2)4-6-18-5-3-14/h7-9H,3-6H2,1-2H3. The van der Waals surface area contributed by atoms with Gasteiger partial charge in [0.1, 0.15) is 5.82 Å². The summed E-state index contributed by atoms with van der Waals surface area (Å²) in [6.45, 7) is 3.34. The molecule has 0 unspecified atom stereocenters. The second kappa shape index (κ2) is 7.48. The molecule has 0 aliphatic rings. The van der Waals surface area contributed by atoms with E-state index >= 15 is 0 Å². The number of carbonyl (C=O) groups excluding carboxylic acids is 1. The lowest BCUT2D eigenvalue weighted by Gasteiger charge is -2.17. The van der Waals surface area contributed by atoms with E-state index in [-0.39, 0.29) is 11.7 Å². The van der Waals surface area contributed by atoms with Crippen LogP contribution in [0, 0.1) is 12.7 Å². The second-order valence-corrected chi connectivity index (χ2v) is 4.84. The Morgan fingerprint density at radius 3 is 2.72 bits per heavy atom. The molecule has 0 fully saturated rings. The van der Waals surface area contributed by atoms with Gasteiger partial charge in [0.25, 0.3) is 5.91 Å². The zero-order valence-electron chi connectivity index (χ0n) is 10.6. The van der Waals surface area contributed by atoms with Gasteiger partial charge in [-0.15, -0.1) is 0 Å². The van der Waals surface area contributed by atoms with Crippen molar-refractivity contribution in [2.75, 3.05) is 32.1 Å². The first kappa shape index (κ1) is 15.1. The van der Waals surface area contributed by atoms with Gasteiger partial charge in [0.05, 0.1) is 13.2 Å². The van der Waals surface area contributed by atoms with Crippen LogP contribution in [-0.2, 0) is 4.74 Å². The van der Waals surface area contributed by atoms with E-state index in [0.717, 1.165) is 10.9 Å². The Balaban J connectivity index is 2.57. The van der Waals surface area contributed by atoms with Crippen molar-refractivity contribution in [3.8, 4) is 0 Å². The molecule has 3 nitrogen and oxygen atoms in total. The number of aryl methyl sites for hydroxylation is 1. The Labute approximate surface area is 115 Å². The Hall–Kier alpha value is -0.940. The summed E-state index contributed by atoms with van der Waals surface area (Å²) in [5.41, 5.74) is 1.11. The molecular formula is C13H17BrFNO2. The summed E-state index contributed by atoms with van der Waals surface area (Å²) in [5, 5.41) is 0.772. The number of carbonyl (C=O) groups is 1. The van der Waals surface area contributed by atoms with Gasteiger partial charge in [0.2, 0.25) is 0 Å². The zero-order chi connectivity index (χ0) is 13.5. The van der Waals surface area contributed by atoms with Gasteiger partial charge in [-0.05, 0) is 30.7 Å². The number of hydrogen-bond acceptors (Lipinski definition) is 2. The molecule has 0 spiro atoms. The fraction of sp³-hybridized carbons (Fsp3) is 0.462. The lowest BCUT2D eigenvalue weighted by Crippen LogP contribution is -2.30. The maximum Gasteiger partial charge on any atom is 0.253 e. The second-order valence-electron chi connectivity index (χ2n) is 4.05. The first-order chi connectivity index (χ1) is 8.54. The molecule has 0 aliphatic heterocycles. The minimum atomic E-state index is -0.387. The molecule has 0 saturated carbocycles. The number of ether oxygens (including phenoxy) is 1. The predicted molar refractivity (Wildman–Crippen MR) is 72.7 cm³/mol. The van der Waals surface area contributed by atoms with Crippen LogP contribution in [0.5, 0.6) is 0 Å². The summed E-state index contributed by atoms with van der Waals surface area (Å²) in [6.07, 6.45) is 0. The van der Waals surface area contributed by atoms with Gasteiger partial charge in [0, 0.05) is 24.5 Å². The summed E-state index contributed by atoms with van der Waals surface area (Å²) in [5.74, 6) is -0.581. The Morgan fingerprint density at radius 1 is 1.39 bits per heavy atom. The third kappa shape index (κ3) is 4.74. The Bertz CT molecular complexity index is 392. The summed E-state index contributed by atoms with van der Waals surface area (Å²) in [4.78, 5) is 13.5. The highest BCUT2D eigenvalue weighted by Gasteiger charge is 2.12. The highest BCUT2D eigenvalue weighted by atomic mass is 79.9. The molecule has 0 aliphatic carbocycles. The molecule has 1 amide bonds. The van der Waals surface area contributed by atoms with Gasteiger partial charge >= 0.3 is 0 Å².